The number of hydrogen-bond acceptors (Lipinski definition) is 2. The lowest BCUT2D eigenvalue weighted by Crippen LogP contribution is -2.16. The molecule has 0 aliphatic heterocycles. The van der Waals surface area contributed by atoms with Crippen molar-refractivity contribution in [1.29, 1.82) is 0 Å². The molecule has 1 heterocycles. The normalized spacial score (nSPS) is 13.1. The molecule has 3 heteroatoms. The summed E-state index contributed by atoms with van der Waals surface area (Å²) in [4.78, 5) is 0. The van der Waals surface area contributed by atoms with E-state index in [2.05, 4.69) is 42.8 Å². The van der Waals surface area contributed by atoms with Crippen LogP contribution < -0.4 is 5.32 Å². The minimum absolute atomic E-state index is 0.542. The van der Waals surface area contributed by atoms with Gasteiger partial charge in [0.15, 0.2) is 0 Å². The maximum atomic E-state index is 4.59. The zero-order valence-electron chi connectivity index (χ0n) is 10.6. The smallest absolute Gasteiger partial charge is 0.0631 e. The fourth-order valence-electron chi connectivity index (χ4n) is 2.26. The number of likely N-dealkylation sites (N-methyl/N-ethyl adjacent to an activating group) is 1. The zero-order valence-corrected chi connectivity index (χ0v) is 10.6. The van der Waals surface area contributed by atoms with Crippen LogP contribution in [0, 0.1) is 13.8 Å². The van der Waals surface area contributed by atoms with Gasteiger partial charge in [-0.2, -0.15) is 5.10 Å². The van der Waals surface area contributed by atoms with Crippen LogP contribution in [0.15, 0.2) is 0 Å². The highest BCUT2D eigenvalue weighted by atomic mass is 15.3. The second-order valence-corrected chi connectivity index (χ2v) is 4.27. The summed E-state index contributed by atoms with van der Waals surface area (Å²) in [6, 6.07) is 0. The first-order chi connectivity index (χ1) is 7.11. The summed E-state index contributed by atoms with van der Waals surface area (Å²) in [7, 11) is 2.00. The molecule has 3 nitrogen and oxygen atoms in total. The van der Waals surface area contributed by atoms with Gasteiger partial charge in [-0.25, -0.2) is 0 Å². The molecule has 0 fully saturated rings. The van der Waals surface area contributed by atoms with E-state index in [1.165, 1.54) is 17.0 Å². The molecular formula is C12H23N3. The van der Waals surface area contributed by atoms with Crippen LogP contribution in [0.4, 0.5) is 0 Å². The number of nitrogens with one attached hydrogen (secondary N) is 1. The molecule has 0 spiro atoms. The molecule has 0 aliphatic carbocycles. The first-order valence-corrected chi connectivity index (χ1v) is 5.80. The Morgan fingerprint density at radius 3 is 2.60 bits per heavy atom. The van der Waals surface area contributed by atoms with Gasteiger partial charge in [0.25, 0.3) is 0 Å². The van der Waals surface area contributed by atoms with Crippen molar-refractivity contribution < 1.29 is 0 Å². The number of rotatable bonds is 5. The van der Waals surface area contributed by atoms with E-state index >= 15 is 0 Å². The van der Waals surface area contributed by atoms with Crippen LogP contribution in [0.1, 0.15) is 43.1 Å². The van der Waals surface area contributed by atoms with Gasteiger partial charge in [0, 0.05) is 18.8 Å². The molecule has 0 aromatic carbocycles. The van der Waals surface area contributed by atoms with E-state index in [-0.39, 0.29) is 0 Å². The van der Waals surface area contributed by atoms with Crippen molar-refractivity contribution in [2.24, 2.45) is 0 Å². The van der Waals surface area contributed by atoms with Crippen molar-refractivity contribution in [2.45, 2.75) is 46.6 Å². The zero-order chi connectivity index (χ0) is 11.4. The molecule has 1 aromatic heterocycles. The molecule has 1 atom stereocenters. The van der Waals surface area contributed by atoms with Gasteiger partial charge >= 0.3 is 0 Å². The summed E-state index contributed by atoms with van der Waals surface area (Å²) in [5.41, 5.74) is 3.93. The quantitative estimate of drug-likeness (QED) is 0.806. The van der Waals surface area contributed by atoms with E-state index in [1.54, 1.807) is 0 Å². The van der Waals surface area contributed by atoms with Gasteiger partial charge in [0.1, 0.15) is 0 Å². The lowest BCUT2D eigenvalue weighted by molar-refractivity contribution is 0.580. The Morgan fingerprint density at radius 1 is 1.40 bits per heavy atom. The van der Waals surface area contributed by atoms with E-state index in [1.807, 2.05) is 7.05 Å². The molecular weight excluding hydrogens is 186 g/mol. The van der Waals surface area contributed by atoms with Crippen molar-refractivity contribution in [1.82, 2.24) is 15.1 Å². The maximum absolute atomic E-state index is 4.59. The van der Waals surface area contributed by atoms with Crippen LogP contribution in [0.25, 0.3) is 0 Å². The monoisotopic (exact) mass is 209 g/mol. The molecule has 0 saturated heterocycles. The highest BCUT2D eigenvalue weighted by Gasteiger charge is 2.16. The fourth-order valence-corrected chi connectivity index (χ4v) is 2.26. The minimum Gasteiger partial charge on any atom is -0.319 e. The van der Waals surface area contributed by atoms with Crippen molar-refractivity contribution in [2.75, 3.05) is 13.6 Å². The molecule has 0 aliphatic rings. The third-order valence-corrected chi connectivity index (χ3v) is 2.88. The fraction of sp³-hybridized carbons (Fsp3) is 0.750. The first-order valence-electron chi connectivity index (χ1n) is 5.80. The molecule has 0 saturated carbocycles. The molecule has 86 valence electrons. The van der Waals surface area contributed by atoms with Crippen LogP contribution >= 0.6 is 0 Å². The Balaban J connectivity index is 2.96. The Kier molecular flexibility index (Phi) is 4.33. The Hall–Kier alpha value is -0.830. The SMILES string of the molecule is CCCn1nc(C)c(C(C)CNC)c1C. The third-order valence-electron chi connectivity index (χ3n) is 2.88. The summed E-state index contributed by atoms with van der Waals surface area (Å²) < 4.78 is 2.14. The lowest BCUT2D eigenvalue weighted by atomic mass is 9.99. The van der Waals surface area contributed by atoms with Gasteiger partial charge in [-0.1, -0.05) is 13.8 Å². The van der Waals surface area contributed by atoms with Crippen LogP contribution in [0.5, 0.6) is 0 Å². The number of nitrogens with zero attached hydrogens (tertiary/aromatic N) is 2. The molecule has 0 radical (unpaired) electrons. The van der Waals surface area contributed by atoms with Crippen LogP contribution in [-0.2, 0) is 6.54 Å². The molecule has 1 aromatic rings. The molecule has 0 amide bonds. The van der Waals surface area contributed by atoms with Crippen LogP contribution in [0.2, 0.25) is 0 Å². The topological polar surface area (TPSA) is 29.9 Å². The summed E-state index contributed by atoms with van der Waals surface area (Å²) in [6.45, 7) is 10.8. The summed E-state index contributed by atoms with van der Waals surface area (Å²) in [5, 5.41) is 7.82. The first kappa shape index (κ1) is 12.2. The van der Waals surface area contributed by atoms with E-state index < -0.39 is 0 Å². The predicted octanol–water partition coefficient (Wildman–Crippen LogP) is 2.23. The third kappa shape index (κ3) is 2.59. The van der Waals surface area contributed by atoms with E-state index in [0.717, 1.165) is 19.5 Å². The molecule has 1 unspecified atom stereocenters. The highest BCUT2D eigenvalue weighted by molar-refractivity contribution is 5.28. The van der Waals surface area contributed by atoms with Crippen molar-refractivity contribution >= 4 is 0 Å². The standard InChI is InChI=1S/C12H23N3/c1-6-7-15-11(4)12(10(3)14-15)9(2)8-13-5/h9,13H,6-8H2,1-5H3. The average Bonchev–Trinajstić information content (AvgIpc) is 2.43. The lowest BCUT2D eigenvalue weighted by Gasteiger charge is -2.11. The maximum Gasteiger partial charge on any atom is 0.0631 e. The Bertz CT molecular complexity index is 315. The van der Waals surface area contributed by atoms with Gasteiger partial charge in [0.2, 0.25) is 0 Å². The van der Waals surface area contributed by atoms with Crippen LogP contribution in [0.3, 0.4) is 0 Å². The number of hydrogen-bond donors (Lipinski definition) is 1. The Morgan fingerprint density at radius 2 is 2.07 bits per heavy atom. The van der Waals surface area contributed by atoms with E-state index in [9.17, 15) is 0 Å². The van der Waals surface area contributed by atoms with Gasteiger partial charge in [-0.3, -0.25) is 4.68 Å². The van der Waals surface area contributed by atoms with Crippen molar-refractivity contribution in [3.63, 3.8) is 0 Å². The average molecular weight is 209 g/mol. The number of aromatic nitrogens is 2. The molecule has 1 N–H and O–H groups in total. The summed E-state index contributed by atoms with van der Waals surface area (Å²) in [5.74, 6) is 0.542. The van der Waals surface area contributed by atoms with Gasteiger partial charge in [-0.15, -0.1) is 0 Å². The molecule has 15 heavy (non-hydrogen) atoms. The van der Waals surface area contributed by atoms with Gasteiger partial charge < -0.3 is 5.32 Å². The van der Waals surface area contributed by atoms with Gasteiger partial charge in [0.05, 0.1) is 5.69 Å². The highest BCUT2D eigenvalue weighted by Crippen LogP contribution is 2.22. The van der Waals surface area contributed by atoms with E-state index in [4.69, 9.17) is 0 Å². The Labute approximate surface area is 92.9 Å². The van der Waals surface area contributed by atoms with E-state index in [0.29, 0.717) is 5.92 Å². The van der Waals surface area contributed by atoms with Crippen LogP contribution in [-0.4, -0.2) is 23.4 Å². The van der Waals surface area contributed by atoms with Gasteiger partial charge in [-0.05, 0) is 38.8 Å². The van der Waals surface area contributed by atoms with Crippen molar-refractivity contribution in [3.8, 4) is 0 Å². The summed E-state index contributed by atoms with van der Waals surface area (Å²) >= 11 is 0. The largest absolute Gasteiger partial charge is 0.319 e. The predicted molar refractivity (Wildman–Crippen MR) is 64.3 cm³/mol. The van der Waals surface area contributed by atoms with Crippen molar-refractivity contribution in [3.05, 3.63) is 17.0 Å². The number of aryl methyl sites for hydroxylation is 2. The molecule has 0 bridgehead atoms. The summed E-state index contributed by atoms with van der Waals surface area (Å²) in [6.07, 6.45) is 1.14. The second-order valence-electron chi connectivity index (χ2n) is 4.27. The minimum atomic E-state index is 0.542. The second kappa shape index (κ2) is 5.31. The molecule has 1 rings (SSSR count).